The van der Waals surface area contributed by atoms with Gasteiger partial charge in [-0.15, -0.1) is 11.3 Å². The number of fused-ring (bicyclic) bond motifs is 2. The summed E-state index contributed by atoms with van der Waals surface area (Å²) in [4.78, 5) is 35.1. The number of para-hydroxylation sites is 1. The van der Waals surface area contributed by atoms with Crippen molar-refractivity contribution in [3.8, 4) is 11.3 Å². The molecular weight excluding hydrogens is 432 g/mol. The molecule has 0 saturated heterocycles. The highest BCUT2D eigenvalue weighted by Gasteiger charge is 2.19. The molecule has 1 N–H and O–H groups in total. The van der Waals surface area contributed by atoms with E-state index in [0.29, 0.717) is 22.6 Å². The van der Waals surface area contributed by atoms with Crippen molar-refractivity contribution in [3.05, 3.63) is 88.3 Å². The highest BCUT2D eigenvalue weighted by Crippen LogP contribution is 2.28. The van der Waals surface area contributed by atoms with Crippen molar-refractivity contribution in [1.82, 2.24) is 19.4 Å². The lowest BCUT2D eigenvalue weighted by Crippen LogP contribution is -2.35. The Morgan fingerprint density at radius 3 is 2.70 bits per heavy atom. The van der Waals surface area contributed by atoms with Crippen LogP contribution in [0.4, 0.5) is 0 Å². The number of aromatic amines is 1. The molecule has 0 saturated carbocycles. The van der Waals surface area contributed by atoms with Gasteiger partial charge in [0, 0.05) is 23.1 Å². The van der Waals surface area contributed by atoms with E-state index in [0.717, 1.165) is 28.6 Å². The van der Waals surface area contributed by atoms with Gasteiger partial charge >= 0.3 is 0 Å². The number of rotatable bonds is 7. The average Bonchev–Trinajstić information content (AvgIpc) is 3.45. The second kappa shape index (κ2) is 9.03. The standard InChI is InChI=1S/C26H24N4O2S/c1-2-13-29(16-23-27-20-12-14-33-25(20)26(32)28-23)24(31)17-30-21-11-7-6-10-19(21)15-22(30)18-8-4-3-5-9-18/h3-12,14-15H,2,13,16-17H2,1H3,(H,27,28,32). The molecular formula is C26H24N4O2S. The molecule has 3 aromatic heterocycles. The van der Waals surface area contributed by atoms with Crippen LogP contribution in [0.25, 0.3) is 32.4 Å². The lowest BCUT2D eigenvalue weighted by Gasteiger charge is -2.23. The predicted octanol–water partition coefficient (Wildman–Crippen LogP) is 5.05. The molecule has 7 heteroatoms. The molecule has 6 nitrogen and oxygen atoms in total. The van der Waals surface area contributed by atoms with Crippen LogP contribution in [0.2, 0.25) is 0 Å². The summed E-state index contributed by atoms with van der Waals surface area (Å²) in [5.41, 5.74) is 3.61. The monoisotopic (exact) mass is 456 g/mol. The van der Waals surface area contributed by atoms with Crippen LogP contribution in [-0.4, -0.2) is 31.9 Å². The second-order valence-electron chi connectivity index (χ2n) is 8.00. The number of nitrogens with zero attached hydrogens (tertiary/aromatic N) is 3. The Morgan fingerprint density at radius 1 is 1.09 bits per heavy atom. The molecule has 5 rings (SSSR count). The summed E-state index contributed by atoms with van der Waals surface area (Å²) in [6.07, 6.45) is 0.814. The number of H-pyrrole nitrogens is 1. The Morgan fingerprint density at radius 2 is 1.88 bits per heavy atom. The minimum absolute atomic E-state index is 0.0107. The molecule has 0 fully saturated rings. The zero-order valence-electron chi connectivity index (χ0n) is 18.3. The molecule has 166 valence electrons. The van der Waals surface area contributed by atoms with E-state index in [9.17, 15) is 9.59 Å². The van der Waals surface area contributed by atoms with Crippen LogP contribution in [-0.2, 0) is 17.9 Å². The molecule has 0 radical (unpaired) electrons. The maximum absolute atomic E-state index is 13.5. The van der Waals surface area contributed by atoms with E-state index in [1.165, 1.54) is 11.3 Å². The van der Waals surface area contributed by atoms with Gasteiger partial charge < -0.3 is 14.5 Å². The highest BCUT2D eigenvalue weighted by molar-refractivity contribution is 7.17. The Labute approximate surface area is 195 Å². The SMILES string of the molecule is CCCN(Cc1nc2ccsc2c(=O)[nH]1)C(=O)Cn1c(-c2ccccc2)cc2ccccc21. The molecule has 0 spiro atoms. The van der Waals surface area contributed by atoms with Crippen LogP contribution in [0.5, 0.6) is 0 Å². The Bertz CT molecular complexity index is 1480. The first-order valence-electron chi connectivity index (χ1n) is 11.0. The molecule has 5 aromatic rings. The Hall–Kier alpha value is -3.71. The summed E-state index contributed by atoms with van der Waals surface area (Å²) in [7, 11) is 0. The molecule has 33 heavy (non-hydrogen) atoms. The lowest BCUT2D eigenvalue weighted by molar-refractivity contribution is -0.132. The van der Waals surface area contributed by atoms with Crippen molar-refractivity contribution in [2.45, 2.75) is 26.4 Å². The fourth-order valence-corrected chi connectivity index (χ4v) is 4.93. The minimum Gasteiger partial charge on any atom is -0.334 e. The summed E-state index contributed by atoms with van der Waals surface area (Å²) in [5, 5.41) is 2.95. The molecule has 0 bridgehead atoms. The fourth-order valence-electron chi connectivity index (χ4n) is 4.20. The van der Waals surface area contributed by atoms with Gasteiger partial charge in [0.05, 0.1) is 12.1 Å². The zero-order valence-corrected chi connectivity index (χ0v) is 19.1. The van der Waals surface area contributed by atoms with Crippen LogP contribution in [0.3, 0.4) is 0 Å². The first-order chi connectivity index (χ1) is 16.1. The number of benzene rings is 2. The van der Waals surface area contributed by atoms with Crippen molar-refractivity contribution in [1.29, 1.82) is 0 Å². The number of amides is 1. The van der Waals surface area contributed by atoms with Crippen LogP contribution < -0.4 is 5.56 Å². The summed E-state index contributed by atoms with van der Waals surface area (Å²) in [6.45, 7) is 3.11. The van der Waals surface area contributed by atoms with Gasteiger partial charge in [0.25, 0.3) is 5.56 Å². The Kier molecular flexibility index (Phi) is 5.79. The predicted molar refractivity (Wildman–Crippen MR) is 133 cm³/mol. The zero-order chi connectivity index (χ0) is 22.8. The van der Waals surface area contributed by atoms with Crippen molar-refractivity contribution in [2.75, 3.05) is 6.54 Å². The van der Waals surface area contributed by atoms with E-state index in [2.05, 4.69) is 38.8 Å². The maximum atomic E-state index is 13.5. The van der Waals surface area contributed by atoms with E-state index in [1.54, 1.807) is 4.90 Å². The number of hydrogen-bond donors (Lipinski definition) is 1. The molecule has 1 amide bonds. The second-order valence-corrected chi connectivity index (χ2v) is 8.92. The van der Waals surface area contributed by atoms with Gasteiger partial charge in [0.15, 0.2) is 0 Å². The van der Waals surface area contributed by atoms with Crippen molar-refractivity contribution in [3.63, 3.8) is 0 Å². The largest absolute Gasteiger partial charge is 0.334 e. The van der Waals surface area contributed by atoms with E-state index in [1.807, 2.05) is 54.8 Å². The third-order valence-electron chi connectivity index (χ3n) is 5.72. The van der Waals surface area contributed by atoms with Crippen molar-refractivity contribution >= 4 is 38.4 Å². The molecule has 2 aromatic carbocycles. The van der Waals surface area contributed by atoms with Crippen LogP contribution >= 0.6 is 11.3 Å². The van der Waals surface area contributed by atoms with E-state index < -0.39 is 0 Å². The molecule has 3 heterocycles. The quantitative estimate of drug-likeness (QED) is 0.373. The maximum Gasteiger partial charge on any atom is 0.268 e. The normalized spacial score (nSPS) is 11.3. The topological polar surface area (TPSA) is 71.0 Å². The number of carbonyl (C=O) groups is 1. The van der Waals surface area contributed by atoms with Crippen molar-refractivity contribution < 1.29 is 4.79 Å². The number of aromatic nitrogens is 3. The van der Waals surface area contributed by atoms with Gasteiger partial charge in [-0.05, 0) is 35.6 Å². The fraction of sp³-hybridized carbons (Fsp3) is 0.192. The van der Waals surface area contributed by atoms with Crippen molar-refractivity contribution in [2.24, 2.45) is 0 Å². The van der Waals surface area contributed by atoms with Gasteiger partial charge in [-0.3, -0.25) is 9.59 Å². The minimum atomic E-state index is -0.156. The number of carbonyl (C=O) groups excluding carboxylic acids is 1. The summed E-state index contributed by atoms with van der Waals surface area (Å²) in [5.74, 6) is 0.497. The number of nitrogens with one attached hydrogen (secondary N) is 1. The van der Waals surface area contributed by atoms with Gasteiger partial charge in [-0.25, -0.2) is 4.98 Å². The number of thiophene rings is 1. The van der Waals surface area contributed by atoms with Crippen LogP contribution in [0.15, 0.2) is 76.9 Å². The molecule has 0 aliphatic heterocycles. The summed E-state index contributed by atoms with van der Waals surface area (Å²) in [6, 6.07) is 22.2. The average molecular weight is 457 g/mol. The Balaban J connectivity index is 1.48. The van der Waals surface area contributed by atoms with Gasteiger partial charge in [-0.1, -0.05) is 55.5 Å². The van der Waals surface area contributed by atoms with Gasteiger partial charge in [-0.2, -0.15) is 0 Å². The van der Waals surface area contributed by atoms with Crippen LogP contribution in [0, 0.1) is 0 Å². The summed E-state index contributed by atoms with van der Waals surface area (Å²) < 4.78 is 2.69. The molecule has 0 aliphatic rings. The third kappa shape index (κ3) is 4.19. The van der Waals surface area contributed by atoms with Gasteiger partial charge in [0.2, 0.25) is 5.91 Å². The molecule has 0 aliphatic carbocycles. The molecule has 0 unspecified atom stereocenters. The van der Waals surface area contributed by atoms with Gasteiger partial charge in [0.1, 0.15) is 17.1 Å². The summed E-state index contributed by atoms with van der Waals surface area (Å²) >= 11 is 1.37. The van der Waals surface area contributed by atoms with E-state index in [-0.39, 0.29) is 24.6 Å². The smallest absolute Gasteiger partial charge is 0.268 e. The number of hydrogen-bond acceptors (Lipinski definition) is 4. The van der Waals surface area contributed by atoms with E-state index >= 15 is 0 Å². The first kappa shape index (κ1) is 21.2. The lowest BCUT2D eigenvalue weighted by atomic mass is 10.1. The van der Waals surface area contributed by atoms with E-state index in [4.69, 9.17) is 0 Å². The highest BCUT2D eigenvalue weighted by atomic mass is 32.1. The first-order valence-corrected chi connectivity index (χ1v) is 11.9. The third-order valence-corrected chi connectivity index (χ3v) is 6.63. The molecule has 0 atom stereocenters. The van der Waals surface area contributed by atoms with Crippen LogP contribution in [0.1, 0.15) is 19.2 Å².